The molecule has 84 valence electrons. The first-order valence-electron chi connectivity index (χ1n) is 4.56. The van der Waals surface area contributed by atoms with Crippen molar-refractivity contribution in [1.29, 1.82) is 0 Å². The van der Waals surface area contributed by atoms with E-state index in [1.54, 1.807) is 0 Å². The minimum absolute atomic E-state index is 0.147. The number of nitrogens with two attached hydrogens (primary N) is 1. The van der Waals surface area contributed by atoms with Gasteiger partial charge in [-0.15, -0.1) is 0 Å². The lowest BCUT2D eigenvalue weighted by Gasteiger charge is -2.10. The molecular weight excluding hydrogens is 196 g/mol. The van der Waals surface area contributed by atoms with Crippen molar-refractivity contribution in [3.05, 3.63) is 0 Å². The average Bonchev–Trinajstić information content (AvgIpc) is 2.16. The van der Waals surface area contributed by atoms with Crippen molar-refractivity contribution in [2.45, 2.75) is 0 Å². The van der Waals surface area contributed by atoms with Gasteiger partial charge in [0.05, 0.1) is 7.11 Å². The molecule has 0 saturated heterocycles. The second-order valence-corrected chi connectivity index (χ2v) is 3.23. The maximum absolute atomic E-state index is 5.47. The zero-order valence-corrected chi connectivity index (χ0v) is 9.19. The van der Waals surface area contributed by atoms with E-state index < -0.39 is 0 Å². The number of nitrogens with zero attached hydrogens (tertiary/aromatic N) is 4. The monoisotopic (exact) mass is 212 g/mol. The number of anilines is 2. The first-order valence-corrected chi connectivity index (χ1v) is 4.56. The molecule has 3 N–H and O–H groups in total. The Bertz CT molecular complexity index is 316. The van der Waals surface area contributed by atoms with Gasteiger partial charge in [-0.25, -0.2) is 0 Å². The average molecular weight is 212 g/mol. The van der Waals surface area contributed by atoms with Crippen molar-refractivity contribution in [2.75, 3.05) is 45.3 Å². The van der Waals surface area contributed by atoms with Gasteiger partial charge < -0.3 is 20.7 Å². The van der Waals surface area contributed by atoms with E-state index in [0.717, 1.165) is 13.1 Å². The van der Waals surface area contributed by atoms with Crippen LogP contribution >= 0.6 is 0 Å². The predicted octanol–water partition coefficient (Wildman–Crippen LogP) is -0.564. The van der Waals surface area contributed by atoms with Crippen molar-refractivity contribution >= 4 is 11.9 Å². The van der Waals surface area contributed by atoms with Crippen LogP contribution < -0.4 is 15.8 Å². The Morgan fingerprint density at radius 3 is 2.67 bits per heavy atom. The van der Waals surface area contributed by atoms with Gasteiger partial charge in [0.2, 0.25) is 11.9 Å². The zero-order valence-electron chi connectivity index (χ0n) is 9.19. The van der Waals surface area contributed by atoms with Gasteiger partial charge in [0.15, 0.2) is 0 Å². The highest BCUT2D eigenvalue weighted by Gasteiger charge is 2.03. The van der Waals surface area contributed by atoms with Crippen molar-refractivity contribution in [1.82, 2.24) is 19.9 Å². The number of methoxy groups -OCH3 is 1. The molecule has 0 radical (unpaired) electrons. The summed E-state index contributed by atoms with van der Waals surface area (Å²) in [6, 6.07) is 0.217. The second kappa shape index (κ2) is 5.30. The van der Waals surface area contributed by atoms with Gasteiger partial charge in [0.1, 0.15) is 0 Å². The summed E-state index contributed by atoms with van der Waals surface area (Å²) in [6.45, 7) is 1.62. The zero-order chi connectivity index (χ0) is 11.3. The highest BCUT2D eigenvalue weighted by molar-refractivity contribution is 5.32. The molecule has 1 rings (SSSR count). The number of ether oxygens (including phenoxy) is 1. The molecule has 0 unspecified atom stereocenters. The minimum atomic E-state index is 0.147. The topological polar surface area (TPSA) is 89.2 Å². The molecular formula is C8H16N6O. The van der Waals surface area contributed by atoms with Gasteiger partial charge in [-0.2, -0.15) is 15.0 Å². The molecule has 0 aliphatic rings. The Kier molecular flexibility index (Phi) is 4.04. The van der Waals surface area contributed by atoms with Gasteiger partial charge >= 0.3 is 6.01 Å². The van der Waals surface area contributed by atoms with E-state index >= 15 is 0 Å². The fourth-order valence-electron chi connectivity index (χ4n) is 0.934. The molecule has 0 aliphatic heterocycles. The first kappa shape index (κ1) is 11.4. The smallest absolute Gasteiger partial charge is 0.322 e. The molecule has 1 aromatic heterocycles. The molecule has 0 aromatic carbocycles. The number of hydrogen-bond donors (Lipinski definition) is 2. The third-order valence-electron chi connectivity index (χ3n) is 1.66. The highest BCUT2D eigenvalue weighted by Crippen LogP contribution is 2.07. The van der Waals surface area contributed by atoms with Crippen LogP contribution in [-0.4, -0.2) is 54.1 Å². The number of rotatable bonds is 5. The standard InChI is InChI=1S/C8H16N6O/c1-14(2)5-4-10-7-11-6(9)12-8(13-7)15-3/h4-5H2,1-3H3,(H3,9,10,11,12,13). The number of likely N-dealkylation sites (N-methyl/N-ethyl adjacent to an activating group) is 1. The largest absolute Gasteiger partial charge is 0.467 e. The molecule has 0 saturated carbocycles. The Hall–Kier alpha value is -1.63. The summed E-state index contributed by atoms with van der Waals surface area (Å²) in [5.41, 5.74) is 5.47. The number of nitrogen functional groups attached to an aromatic ring is 1. The van der Waals surface area contributed by atoms with E-state index in [4.69, 9.17) is 10.5 Å². The van der Waals surface area contributed by atoms with Crippen LogP contribution in [0.25, 0.3) is 0 Å². The van der Waals surface area contributed by atoms with E-state index in [2.05, 4.69) is 25.2 Å². The van der Waals surface area contributed by atoms with Gasteiger partial charge in [0, 0.05) is 13.1 Å². The van der Waals surface area contributed by atoms with E-state index in [1.165, 1.54) is 7.11 Å². The number of hydrogen-bond acceptors (Lipinski definition) is 7. The first-order chi connectivity index (χ1) is 7.11. The van der Waals surface area contributed by atoms with Crippen LogP contribution in [0.5, 0.6) is 6.01 Å². The summed E-state index contributed by atoms with van der Waals surface area (Å²) in [4.78, 5) is 13.7. The second-order valence-electron chi connectivity index (χ2n) is 3.23. The van der Waals surface area contributed by atoms with Crippen LogP contribution in [0.3, 0.4) is 0 Å². The lowest BCUT2D eigenvalue weighted by molar-refractivity contribution is 0.379. The molecule has 0 aliphatic carbocycles. The molecule has 1 heterocycles. The van der Waals surface area contributed by atoms with E-state index in [0.29, 0.717) is 5.95 Å². The summed E-state index contributed by atoms with van der Waals surface area (Å²) in [7, 11) is 5.46. The molecule has 0 fully saturated rings. The molecule has 0 bridgehead atoms. The quantitative estimate of drug-likeness (QED) is 0.676. The lowest BCUT2D eigenvalue weighted by Crippen LogP contribution is -2.21. The van der Waals surface area contributed by atoms with Crippen LogP contribution in [-0.2, 0) is 0 Å². The van der Waals surface area contributed by atoms with Crippen molar-refractivity contribution in [2.24, 2.45) is 0 Å². The van der Waals surface area contributed by atoms with E-state index in [9.17, 15) is 0 Å². The normalized spacial score (nSPS) is 10.4. The van der Waals surface area contributed by atoms with Crippen LogP contribution in [0, 0.1) is 0 Å². The Balaban J connectivity index is 2.56. The molecule has 7 heteroatoms. The number of aromatic nitrogens is 3. The maximum atomic E-state index is 5.47. The number of nitrogens with one attached hydrogen (secondary N) is 1. The molecule has 1 aromatic rings. The molecule has 0 atom stereocenters. The molecule has 7 nitrogen and oxygen atoms in total. The fraction of sp³-hybridized carbons (Fsp3) is 0.625. The lowest BCUT2D eigenvalue weighted by atomic mass is 10.6. The Morgan fingerprint density at radius 2 is 2.07 bits per heavy atom. The summed E-state index contributed by atoms with van der Waals surface area (Å²) in [5.74, 6) is 0.579. The van der Waals surface area contributed by atoms with Crippen LogP contribution in [0.1, 0.15) is 0 Å². The Labute approximate surface area is 88.7 Å². The van der Waals surface area contributed by atoms with E-state index in [1.807, 2.05) is 14.1 Å². The van der Waals surface area contributed by atoms with Gasteiger partial charge in [-0.05, 0) is 14.1 Å². The predicted molar refractivity (Wildman–Crippen MR) is 57.8 cm³/mol. The SMILES string of the molecule is COc1nc(N)nc(NCCN(C)C)n1. The summed E-state index contributed by atoms with van der Waals surface area (Å²) < 4.78 is 4.87. The molecule has 0 amide bonds. The van der Waals surface area contributed by atoms with Gasteiger partial charge in [0.25, 0.3) is 0 Å². The third-order valence-corrected chi connectivity index (χ3v) is 1.66. The molecule has 0 spiro atoms. The van der Waals surface area contributed by atoms with Crippen molar-refractivity contribution in [3.8, 4) is 6.01 Å². The molecule has 15 heavy (non-hydrogen) atoms. The van der Waals surface area contributed by atoms with Crippen LogP contribution in [0.15, 0.2) is 0 Å². The third kappa shape index (κ3) is 3.94. The summed E-state index contributed by atoms with van der Waals surface area (Å²) in [5, 5.41) is 3.03. The summed E-state index contributed by atoms with van der Waals surface area (Å²) in [6.07, 6.45) is 0. The van der Waals surface area contributed by atoms with Crippen molar-refractivity contribution in [3.63, 3.8) is 0 Å². The summed E-state index contributed by atoms with van der Waals surface area (Å²) >= 11 is 0. The minimum Gasteiger partial charge on any atom is -0.467 e. The van der Waals surface area contributed by atoms with Crippen LogP contribution in [0.2, 0.25) is 0 Å². The van der Waals surface area contributed by atoms with Gasteiger partial charge in [-0.1, -0.05) is 0 Å². The van der Waals surface area contributed by atoms with Crippen LogP contribution in [0.4, 0.5) is 11.9 Å². The van der Waals surface area contributed by atoms with Gasteiger partial charge in [-0.3, -0.25) is 0 Å². The highest BCUT2D eigenvalue weighted by atomic mass is 16.5. The van der Waals surface area contributed by atoms with E-state index in [-0.39, 0.29) is 12.0 Å². The maximum Gasteiger partial charge on any atom is 0.322 e. The van der Waals surface area contributed by atoms with Crippen molar-refractivity contribution < 1.29 is 4.74 Å². The fourth-order valence-corrected chi connectivity index (χ4v) is 0.934. The Morgan fingerprint density at radius 1 is 1.33 bits per heavy atom.